The smallest absolute Gasteiger partial charge is 0.208 e. The van der Waals surface area contributed by atoms with Crippen LogP contribution in [0.1, 0.15) is 5.56 Å². The Balaban J connectivity index is -0.000000464. The summed E-state index contributed by atoms with van der Waals surface area (Å²) in [6.45, 7) is 1.90. The van der Waals surface area contributed by atoms with Crippen LogP contribution in [0.15, 0.2) is 23.2 Å². The number of aryl methyl sites for hydroxylation is 1. The van der Waals surface area contributed by atoms with Crippen LogP contribution in [0.4, 0.5) is 5.69 Å². The van der Waals surface area contributed by atoms with E-state index in [-0.39, 0.29) is 23.8 Å². The molecule has 0 radical (unpaired) electrons. The van der Waals surface area contributed by atoms with Gasteiger partial charge < -0.3 is 11.2 Å². The Morgan fingerprint density at radius 3 is 2.29 bits per heavy atom. The van der Waals surface area contributed by atoms with Crippen LogP contribution < -0.4 is 28.7 Å². The van der Waals surface area contributed by atoms with Crippen molar-refractivity contribution >= 4 is 35.7 Å². The molecule has 0 aliphatic carbocycles. The molecular weight excluding hydrogens is 267 g/mol. The van der Waals surface area contributed by atoms with Crippen LogP contribution in [0.5, 0.6) is 0 Å². The molecular formula is C8H18Cl2N6O. The molecule has 0 unspecified atom stereocenters. The maximum atomic E-state index is 5.90. The van der Waals surface area contributed by atoms with Gasteiger partial charge in [0.05, 0.1) is 10.7 Å². The molecule has 1 rings (SSSR count). The molecule has 0 amide bonds. The van der Waals surface area contributed by atoms with Gasteiger partial charge in [0.25, 0.3) is 0 Å². The highest BCUT2D eigenvalue weighted by Gasteiger charge is 2.01. The third kappa shape index (κ3) is 6.95. The largest absolute Gasteiger partial charge is 0.412 e. The van der Waals surface area contributed by atoms with Gasteiger partial charge in [-0.2, -0.15) is 0 Å². The fraction of sp³-hybridized carbons (Fsp3) is 0.125. The summed E-state index contributed by atoms with van der Waals surface area (Å²) in [6, 6.07) is 5.49. The summed E-state index contributed by atoms with van der Waals surface area (Å²) in [5.41, 5.74) is 9.22. The van der Waals surface area contributed by atoms with Gasteiger partial charge in [-0.05, 0) is 18.6 Å². The standard InChI is InChI=1S/C8H11ClN4.ClH.H4N2.H2O/c1-5-3-2-4-6(9)7(5)12-8(10)13-11;;1-2;/h2-4H,11H2,1H3,(H3,10,12,13);1H;1-2H2;1H2. The van der Waals surface area contributed by atoms with Gasteiger partial charge in [-0.1, -0.05) is 23.7 Å². The topological polar surface area (TPSA) is 160 Å². The average Bonchev–Trinajstić information content (AvgIpc) is 2.26. The molecule has 0 fully saturated rings. The lowest BCUT2D eigenvalue weighted by Crippen LogP contribution is -2.36. The summed E-state index contributed by atoms with van der Waals surface area (Å²) in [6.07, 6.45) is 0. The predicted molar refractivity (Wildman–Crippen MR) is 74.0 cm³/mol. The Morgan fingerprint density at radius 2 is 1.88 bits per heavy atom. The van der Waals surface area contributed by atoms with Crippen LogP contribution in [-0.2, 0) is 0 Å². The molecule has 1 aromatic carbocycles. The van der Waals surface area contributed by atoms with Gasteiger partial charge in [-0.3, -0.25) is 17.1 Å². The summed E-state index contributed by atoms with van der Waals surface area (Å²) in [5.74, 6) is 13.2. The Labute approximate surface area is 111 Å². The van der Waals surface area contributed by atoms with E-state index in [4.69, 9.17) is 23.2 Å². The molecule has 0 heterocycles. The van der Waals surface area contributed by atoms with E-state index in [2.05, 4.69) is 22.1 Å². The number of rotatable bonds is 1. The minimum Gasteiger partial charge on any atom is -0.412 e. The predicted octanol–water partition coefficient (Wildman–Crippen LogP) is -0.526. The van der Waals surface area contributed by atoms with Crippen LogP contribution in [0, 0.1) is 6.92 Å². The third-order valence-electron chi connectivity index (χ3n) is 1.57. The zero-order valence-electron chi connectivity index (χ0n) is 9.27. The van der Waals surface area contributed by atoms with Gasteiger partial charge in [0.15, 0.2) is 0 Å². The number of nitrogens with zero attached hydrogens (tertiary/aromatic N) is 1. The van der Waals surface area contributed by atoms with Crippen molar-refractivity contribution in [3.63, 3.8) is 0 Å². The minimum absolute atomic E-state index is 0. The summed E-state index contributed by atoms with van der Waals surface area (Å²) in [7, 11) is 0. The first-order chi connectivity index (χ1) is 7.15. The number of para-hydroxylation sites is 1. The molecule has 0 atom stereocenters. The Bertz CT molecular complexity index is 327. The quantitative estimate of drug-likeness (QED) is 0.203. The van der Waals surface area contributed by atoms with Crippen molar-refractivity contribution in [1.29, 1.82) is 0 Å². The Kier molecular flexibility index (Phi) is 14.2. The summed E-state index contributed by atoms with van der Waals surface area (Å²) in [4.78, 5) is 4.00. The average molecular weight is 285 g/mol. The molecule has 1 aromatic rings. The molecule has 11 N–H and O–H groups in total. The van der Waals surface area contributed by atoms with Crippen molar-refractivity contribution in [2.24, 2.45) is 28.3 Å². The number of aliphatic imine (C=N–C) groups is 1. The molecule has 0 saturated heterocycles. The van der Waals surface area contributed by atoms with Crippen molar-refractivity contribution in [1.82, 2.24) is 5.43 Å². The molecule has 0 aliphatic heterocycles. The monoisotopic (exact) mass is 284 g/mol. The highest BCUT2D eigenvalue weighted by Crippen LogP contribution is 2.27. The van der Waals surface area contributed by atoms with Crippen LogP contribution in [0.3, 0.4) is 0 Å². The first-order valence-electron chi connectivity index (χ1n) is 4.04. The normalized spacial score (nSPS) is 9.12. The van der Waals surface area contributed by atoms with Crippen LogP contribution in [-0.4, -0.2) is 11.4 Å². The van der Waals surface area contributed by atoms with Gasteiger partial charge in [0, 0.05) is 0 Å². The maximum Gasteiger partial charge on any atom is 0.208 e. The number of benzene rings is 1. The first kappa shape index (κ1) is 21.2. The molecule has 0 bridgehead atoms. The van der Waals surface area contributed by atoms with E-state index < -0.39 is 0 Å². The van der Waals surface area contributed by atoms with E-state index in [9.17, 15) is 0 Å². The second kappa shape index (κ2) is 11.4. The van der Waals surface area contributed by atoms with E-state index in [0.717, 1.165) is 5.56 Å². The van der Waals surface area contributed by atoms with Gasteiger partial charge in [-0.25, -0.2) is 10.8 Å². The first-order valence-corrected chi connectivity index (χ1v) is 4.42. The third-order valence-corrected chi connectivity index (χ3v) is 1.87. The number of halogens is 2. The molecule has 17 heavy (non-hydrogen) atoms. The van der Waals surface area contributed by atoms with Crippen LogP contribution in [0.25, 0.3) is 0 Å². The highest BCUT2D eigenvalue weighted by molar-refractivity contribution is 6.33. The lowest BCUT2D eigenvalue weighted by molar-refractivity contribution is 0.824. The SMILES string of the molecule is Cc1cccc(Cl)c1N=C(N)NN.Cl.NN.O. The van der Waals surface area contributed by atoms with Gasteiger partial charge in [-0.15, -0.1) is 12.4 Å². The van der Waals surface area contributed by atoms with Crippen LogP contribution >= 0.6 is 24.0 Å². The van der Waals surface area contributed by atoms with E-state index in [1.807, 2.05) is 19.1 Å². The molecule has 0 saturated carbocycles. The molecule has 0 aromatic heterocycles. The van der Waals surface area contributed by atoms with E-state index in [1.54, 1.807) is 6.07 Å². The summed E-state index contributed by atoms with van der Waals surface area (Å²) in [5, 5.41) is 0.554. The summed E-state index contributed by atoms with van der Waals surface area (Å²) < 4.78 is 0. The number of hydrogen-bond acceptors (Lipinski definition) is 4. The zero-order valence-corrected chi connectivity index (χ0v) is 10.8. The fourth-order valence-electron chi connectivity index (χ4n) is 0.917. The van der Waals surface area contributed by atoms with Gasteiger partial charge in [0.2, 0.25) is 5.96 Å². The number of nitrogens with two attached hydrogens (primary N) is 4. The number of hydrazine groups is 2. The second-order valence-electron chi connectivity index (χ2n) is 2.55. The molecule has 9 heteroatoms. The van der Waals surface area contributed by atoms with Gasteiger partial charge >= 0.3 is 0 Å². The van der Waals surface area contributed by atoms with E-state index in [1.165, 1.54) is 0 Å². The zero-order chi connectivity index (χ0) is 11.8. The lowest BCUT2D eigenvalue weighted by Gasteiger charge is -2.03. The van der Waals surface area contributed by atoms with E-state index >= 15 is 0 Å². The van der Waals surface area contributed by atoms with E-state index in [0.29, 0.717) is 10.7 Å². The van der Waals surface area contributed by atoms with Crippen molar-refractivity contribution < 1.29 is 5.48 Å². The van der Waals surface area contributed by atoms with Crippen molar-refractivity contribution in [3.05, 3.63) is 28.8 Å². The van der Waals surface area contributed by atoms with Crippen molar-refractivity contribution in [2.75, 3.05) is 0 Å². The van der Waals surface area contributed by atoms with Crippen LogP contribution in [0.2, 0.25) is 5.02 Å². The maximum absolute atomic E-state index is 5.90. The molecule has 7 nitrogen and oxygen atoms in total. The fourth-order valence-corrected chi connectivity index (χ4v) is 1.18. The second-order valence-corrected chi connectivity index (χ2v) is 2.95. The Hall–Kier alpha value is -1.09. The lowest BCUT2D eigenvalue weighted by atomic mass is 10.2. The number of nitrogens with one attached hydrogen (secondary N) is 1. The highest BCUT2D eigenvalue weighted by atomic mass is 35.5. The minimum atomic E-state index is 0. The van der Waals surface area contributed by atoms with Gasteiger partial charge in [0.1, 0.15) is 0 Å². The Morgan fingerprint density at radius 1 is 1.35 bits per heavy atom. The summed E-state index contributed by atoms with van der Waals surface area (Å²) >= 11 is 5.90. The molecule has 0 aliphatic rings. The molecule has 100 valence electrons. The number of guanidine groups is 1. The van der Waals surface area contributed by atoms with Crippen molar-refractivity contribution in [3.8, 4) is 0 Å². The van der Waals surface area contributed by atoms with Crippen molar-refractivity contribution in [2.45, 2.75) is 6.92 Å². The molecule has 0 spiro atoms. The number of hydrogen-bond donors (Lipinski definition) is 5.